The fourth-order valence-corrected chi connectivity index (χ4v) is 7.91. The second kappa shape index (κ2) is 17.3. The number of carbonyl (C=O) groups excluding carboxylic acids is 5. The van der Waals surface area contributed by atoms with E-state index in [2.05, 4.69) is 31.9 Å². The highest BCUT2D eigenvalue weighted by Gasteiger charge is 2.33. The van der Waals surface area contributed by atoms with E-state index in [1.807, 2.05) is 30.3 Å². The van der Waals surface area contributed by atoms with E-state index >= 15 is 0 Å². The zero-order valence-corrected chi connectivity index (χ0v) is 33.0. The van der Waals surface area contributed by atoms with E-state index in [4.69, 9.17) is 9.47 Å². The van der Waals surface area contributed by atoms with Gasteiger partial charge in [-0.15, -0.1) is 23.1 Å². The quantitative estimate of drug-likeness (QED) is 0.0828. The molecule has 0 saturated heterocycles. The summed E-state index contributed by atoms with van der Waals surface area (Å²) in [5.74, 6) is -1.89. The summed E-state index contributed by atoms with van der Waals surface area (Å²) in [4.78, 5) is 68.8. The minimum atomic E-state index is -0.650. The van der Waals surface area contributed by atoms with Crippen molar-refractivity contribution in [2.24, 2.45) is 0 Å². The van der Waals surface area contributed by atoms with Gasteiger partial charge in [-0.2, -0.15) is 0 Å². The Bertz CT molecular complexity index is 2060. The molecule has 3 aromatic carbocycles. The molecule has 1 aliphatic heterocycles. The molecule has 4 amide bonds. The Morgan fingerprint density at radius 1 is 0.962 bits per heavy atom. The lowest BCUT2D eigenvalue weighted by Crippen LogP contribution is -2.39. The SMILES string of the molecule is COC(=O)c1c(NC(=O)C(C)Sc2cccc(NC(=O)/C(=C\c3cccc(Br)c3)NC(=O)c3ccccc3)c2)sc2c1CCN(C(=O)OC(C)(C)C)C2. The molecule has 1 atom stereocenters. The lowest BCUT2D eigenvalue weighted by atomic mass is 10.0. The van der Waals surface area contributed by atoms with Gasteiger partial charge < -0.3 is 30.3 Å². The summed E-state index contributed by atoms with van der Waals surface area (Å²) >= 11 is 5.94. The van der Waals surface area contributed by atoms with Crippen LogP contribution in [0.5, 0.6) is 0 Å². The Kier molecular flexibility index (Phi) is 12.8. The zero-order chi connectivity index (χ0) is 38.3. The molecular weight excluding hydrogens is 780 g/mol. The van der Waals surface area contributed by atoms with E-state index in [9.17, 15) is 24.0 Å². The van der Waals surface area contributed by atoms with Crippen molar-refractivity contribution >= 4 is 85.6 Å². The third-order valence-electron chi connectivity index (χ3n) is 7.80. The molecule has 2 heterocycles. The summed E-state index contributed by atoms with van der Waals surface area (Å²) in [6.45, 7) is 7.74. The summed E-state index contributed by atoms with van der Waals surface area (Å²) in [5.41, 5.74) is 1.97. The Hall–Kier alpha value is -4.92. The van der Waals surface area contributed by atoms with Gasteiger partial charge in [0.2, 0.25) is 5.91 Å². The van der Waals surface area contributed by atoms with Gasteiger partial charge in [0.1, 0.15) is 16.3 Å². The number of hydrogen-bond donors (Lipinski definition) is 3. The number of hydrogen-bond acceptors (Lipinski definition) is 9. The second-order valence-corrected chi connectivity index (χ2v) is 16.5. The number of benzene rings is 3. The Labute approximate surface area is 324 Å². The van der Waals surface area contributed by atoms with Gasteiger partial charge in [-0.05, 0) is 93.8 Å². The number of halogens is 1. The summed E-state index contributed by atoms with van der Waals surface area (Å²) in [6, 6.07) is 22.9. The normalized spacial score (nSPS) is 13.3. The third kappa shape index (κ3) is 10.6. The van der Waals surface area contributed by atoms with Crippen molar-refractivity contribution in [1.82, 2.24) is 10.2 Å². The van der Waals surface area contributed by atoms with Crippen molar-refractivity contribution in [2.75, 3.05) is 24.3 Å². The van der Waals surface area contributed by atoms with Crippen LogP contribution in [0.15, 0.2) is 93.9 Å². The highest BCUT2D eigenvalue weighted by molar-refractivity contribution is 9.10. The molecule has 4 aromatic rings. The summed E-state index contributed by atoms with van der Waals surface area (Å²) in [7, 11) is 1.29. The van der Waals surface area contributed by atoms with Crippen LogP contribution in [-0.2, 0) is 32.0 Å². The van der Waals surface area contributed by atoms with Crippen molar-refractivity contribution in [2.45, 2.75) is 56.4 Å². The van der Waals surface area contributed by atoms with Gasteiger partial charge in [0.15, 0.2) is 0 Å². The summed E-state index contributed by atoms with van der Waals surface area (Å²) < 4.78 is 11.4. The Balaban J connectivity index is 1.28. The van der Waals surface area contributed by atoms with Crippen molar-refractivity contribution in [1.29, 1.82) is 0 Å². The van der Waals surface area contributed by atoms with Crippen LogP contribution in [0.4, 0.5) is 15.5 Å². The van der Waals surface area contributed by atoms with Gasteiger partial charge in [0.25, 0.3) is 11.8 Å². The topological polar surface area (TPSA) is 143 Å². The maximum absolute atomic E-state index is 13.6. The van der Waals surface area contributed by atoms with E-state index in [0.29, 0.717) is 39.7 Å². The molecule has 0 fully saturated rings. The molecular formula is C39H39BrN4O7S2. The number of ether oxygens (including phenoxy) is 2. The predicted octanol–water partition coefficient (Wildman–Crippen LogP) is 8.12. The molecule has 1 aromatic heterocycles. The number of thiophene rings is 1. The van der Waals surface area contributed by atoms with Crippen molar-refractivity contribution < 1.29 is 33.4 Å². The summed E-state index contributed by atoms with van der Waals surface area (Å²) in [6.07, 6.45) is 1.55. The Morgan fingerprint density at radius 2 is 1.70 bits per heavy atom. The number of methoxy groups -OCH3 is 1. The number of rotatable bonds is 10. The number of anilines is 2. The van der Waals surface area contributed by atoms with Crippen molar-refractivity contribution in [3.05, 3.63) is 116 Å². The van der Waals surface area contributed by atoms with Crippen molar-refractivity contribution in [3.8, 4) is 0 Å². The van der Waals surface area contributed by atoms with Crippen LogP contribution in [-0.4, -0.2) is 59.2 Å². The molecule has 0 spiro atoms. The number of esters is 1. The maximum Gasteiger partial charge on any atom is 0.410 e. The van der Waals surface area contributed by atoms with E-state index < -0.39 is 34.7 Å². The molecule has 1 unspecified atom stereocenters. The molecule has 0 aliphatic carbocycles. The van der Waals surface area contributed by atoms with Crippen LogP contribution in [0.2, 0.25) is 0 Å². The van der Waals surface area contributed by atoms with Crippen LogP contribution in [0.1, 0.15) is 64.4 Å². The lowest BCUT2D eigenvalue weighted by molar-refractivity contribution is -0.115. The number of carbonyl (C=O) groups is 5. The molecule has 0 bridgehead atoms. The van der Waals surface area contributed by atoms with Crippen LogP contribution in [0.25, 0.3) is 6.08 Å². The second-order valence-electron chi connectivity index (χ2n) is 13.0. The molecule has 0 saturated carbocycles. The smallest absolute Gasteiger partial charge is 0.410 e. The van der Waals surface area contributed by atoms with Gasteiger partial charge >= 0.3 is 12.1 Å². The first-order valence-corrected chi connectivity index (χ1v) is 19.1. The van der Waals surface area contributed by atoms with Crippen LogP contribution in [0.3, 0.4) is 0 Å². The van der Waals surface area contributed by atoms with E-state index in [1.165, 1.54) is 30.2 Å². The average molecular weight is 820 g/mol. The monoisotopic (exact) mass is 818 g/mol. The Morgan fingerprint density at radius 3 is 2.40 bits per heavy atom. The minimum Gasteiger partial charge on any atom is -0.465 e. The molecule has 11 nitrogen and oxygen atoms in total. The molecule has 0 radical (unpaired) electrons. The number of amides is 4. The molecule has 14 heteroatoms. The maximum atomic E-state index is 13.6. The number of nitrogens with one attached hydrogen (secondary N) is 3. The first kappa shape index (κ1) is 39.3. The van der Waals surface area contributed by atoms with Gasteiger partial charge in [-0.3, -0.25) is 14.4 Å². The van der Waals surface area contributed by atoms with Gasteiger partial charge in [-0.25, -0.2) is 9.59 Å². The standard InChI is InChI=1S/C39H39BrN4O7S2/c1-23(33(45)43-36-32(37(48)50-5)29-17-18-44(22-31(29)53-36)38(49)51-39(2,3)4)52-28-16-10-15-27(21-28)41-35(47)30(20-24-11-9-14-26(40)19-24)42-34(46)25-12-7-6-8-13-25/h6-16,19-21,23H,17-18,22H2,1-5H3,(H,41,47)(H,42,46)(H,43,45)/b30-20+. The fourth-order valence-electron chi connectivity index (χ4n) is 5.31. The number of thioether (sulfide) groups is 1. The van der Waals surface area contributed by atoms with Crippen LogP contribution in [0, 0.1) is 0 Å². The van der Waals surface area contributed by atoms with E-state index in [0.717, 1.165) is 14.9 Å². The molecule has 3 N–H and O–H groups in total. The number of nitrogens with zero attached hydrogens (tertiary/aromatic N) is 1. The van der Waals surface area contributed by atoms with E-state index in [1.54, 1.807) is 87.2 Å². The van der Waals surface area contributed by atoms with Gasteiger partial charge in [-0.1, -0.05) is 52.3 Å². The first-order chi connectivity index (χ1) is 25.2. The molecule has 5 rings (SSSR count). The molecule has 1 aliphatic rings. The predicted molar refractivity (Wildman–Crippen MR) is 211 cm³/mol. The largest absolute Gasteiger partial charge is 0.465 e. The van der Waals surface area contributed by atoms with Crippen molar-refractivity contribution in [3.63, 3.8) is 0 Å². The fraction of sp³-hybridized carbons (Fsp3) is 0.256. The van der Waals surface area contributed by atoms with E-state index in [-0.39, 0.29) is 23.7 Å². The molecule has 276 valence electrons. The average Bonchev–Trinajstić information content (AvgIpc) is 3.47. The first-order valence-electron chi connectivity index (χ1n) is 16.6. The highest BCUT2D eigenvalue weighted by Crippen LogP contribution is 2.39. The number of fused-ring (bicyclic) bond motifs is 1. The lowest BCUT2D eigenvalue weighted by Gasteiger charge is -2.30. The summed E-state index contributed by atoms with van der Waals surface area (Å²) in [5, 5.41) is 8.25. The zero-order valence-electron chi connectivity index (χ0n) is 29.8. The molecule has 53 heavy (non-hydrogen) atoms. The van der Waals surface area contributed by atoms with Gasteiger partial charge in [0, 0.05) is 32.0 Å². The minimum absolute atomic E-state index is 0.0389. The highest BCUT2D eigenvalue weighted by atomic mass is 79.9. The van der Waals surface area contributed by atoms with Crippen LogP contribution < -0.4 is 16.0 Å². The van der Waals surface area contributed by atoms with Crippen LogP contribution >= 0.6 is 39.0 Å². The van der Waals surface area contributed by atoms with Gasteiger partial charge in [0.05, 0.1) is 24.5 Å². The third-order valence-corrected chi connectivity index (χ3v) is 10.5.